The van der Waals surface area contributed by atoms with Gasteiger partial charge < -0.3 is 15.1 Å². The minimum Gasteiger partial charge on any atom is -0.368 e. The normalized spacial score (nSPS) is 14.2. The Kier molecular flexibility index (Phi) is 5.29. The number of anilines is 4. The van der Waals surface area contributed by atoms with Crippen LogP contribution in [0.5, 0.6) is 0 Å². The number of benzene rings is 2. The molecule has 1 aromatic heterocycles. The number of rotatable bonds is 4. The van der Waals surface area contributed by atoms with E-state index in [1.165, 1.54) is 23.4 Å². The van der Waals surface area contributed by atoms with Crippen molar-refractivity contribution in [2.45, 2.75) is 13.8 Å². The van der Waals surface area contributed by atoms with Crippen LogP contribution in [0.3, 0.4) is 0 Å². The molecule has 0 atom stereocenters. The molecule has 2 heterocycles. The lowest BCUT2D eigenvalue weighted by Gasteiger charge is -2.37. The third-order valence-electron chi connectivity index (χ3n) is 4.99. The van der Waals surface area contributed by atoms with E-state index in [9.17, 15) is 8.78 Å². The highest BCUT2D eigenvalue weighted by Gasteiger charge is 2.19. The van der Waals surface area contributed by atoms with Gasteiger partial charge in [-0.15, -0.1) is 0 Å². The SMILES string of the molecule is Cc1cccc(N2CCN(c3cc(Nc4ccc(F)cc4F)nc(C)n3)CC2)c1. The van der Waals surface area contributed by atoms with Gasteiger partial charge in [0.15, 0.2) is 0 Å². The van der Waals surface area contributed by atoms with Gasteiger partial charge in [-0.25, -0.2) is 18.7 Å². The fraction of sp³-hybridized carbons (Fsp3) is 0.273. The van der Waals surface area contributed by atoms with Crippen LogP contribution in [-0.4, -0.2) is 36.1 Å². The number of halogens is 2. The highest BCUT2D eigenvalue weighted by atomic mass is 19.1. The van der Waals surface area contributed by atoms with Gasteiger partial charge in [0.05, 0.1) is 5.69 Å². The molecule has 0 aliphatic carbocycles. The average molecular weight is 395 g/mol. The molecule has 5 nitrogen and oxygen atoms in total. The van der Waals surface area contributed by atoms with Gasteiger partial charge in [0, 0.05) is 44.0 Å². The zero-order valence-corrected chi connectivity index (χ0v) is 16.5. The summed E-state index contributed by atoms with van der Waals surface area (Å²) in [6.07, 6.45) is 0. The molecular weight excluding hydrogens is 372 g/mol. The van der Waals surface area contributed by atoms with Crippen LogP contribution < -0.4 is 15.1 Å². The number of nitrogens with one attached hydrogen (secondary N) is 1. The van der Waals surface area contributed by atoms with E-state index in [1.807, 2.05) is 0 Å². The Morgan fingerprint density at radius 3 is 2.34 bits per heavy atom. The van der Waals surface area contributed by atoms with E-state index in [1.54, 1.807) is 13.0 Å². The smallest absolute Gasteiger partial charge is 0.149 e. The summed E-state index contributed by atoms with van der Waals surface area (Å²) in [6.45, 7) is 7.34. The molecule has 7 heteroatoms. The first-order valence-corrected chi connectivity index (χ1v) is 9.62. The Balaban J connectivity index is 1.48. The zero-order chi connectivity index (χ0) is 20.4. The van der Waals surface area contributed by atoms with Crippen molar-refractivity contribution in [1.29, 1.82) is 0 Å². The van der Waals surface area contributed by atoms with Crippen molar-refractivity contribution < 1.29 is 8.78 Å². The fourth-order valence-corrected chi connectivity index (χ4v) is 3.53. The molecule has 0 saturated carbocycles. The molecule has 1 saturated heterocycles. The number of hydrogen-bond donors (Lipinski definition) is 1. The second kappa shape index (κ2) is 8.03. The lowest BCUT2D eigenvalue weighted by Crippen LogP contribution is -2.47. The van der Waals surface area contributed by atoms with Crippen LogP contribution in [0.25, 0.3) is 0 Å². The highest BCUT2D eigenvalue weighted by molar-refractivity contribution is 5.61. The predicted octanol–water partition coefficient (Wildman–Crippen LogP) is 4.44. The van der Waals surface area contributed by atoms with Crippen molar-refractivity contribution in [3.8, 4) is 0 Å². The lowest BCUT2D eigenvalue weighted by molar-refractivity contribution is 0.586. The Labute approximate surface area is 169 Å². The average Bonchev–Trinajstić information content (AvgIpc) is 2.70. The van der Waals surface area contributed by atoms with Gasteiger partial charge in [-0.1, -0.05) is 12.1 Å². The molecule has 3 aromatic rings. The van der Waals surface area contributed by atoms with Crippen LogP contribution in [0.1, 0.15) is 11.4 Å². The molecule has 150 valence electrons. The molecule has 0 spiro atoms. The topological polar surface area (TPSA) is 44.3 Å². The van der Waals surface area contributed by atoms with Crippen LogP contribution >= 0.6 is 0 Å². The summed E-state index contributed by atoms with van der Waals surface area (Å²) >= 11 is 0. The molecule has 4 rings (SSSR count). The quantitative estimate of drug-likeness (QED) is 0.708. The Morgan fingerprint density at radius 2 is 1.62 bits per heavy atom. The van der Waals surface area contributed by atoms with Gasteiger partial charge in [0.25, 0.3) is 0 Å². The zero-order valence-electron chi connectivity index (χ0n) is 16.5. The summed E-state index contributed by atoms with van der Waals surface area (Å²) in [4.78, 5) is 13.5. The highest BCUT2D eigenvalue weighted by Crippen LogP contribution is 2.24. The minimum atomic E-state index is -0.658. The van der Waals surface area contributed by atoms with Crippen molar-refractivity contribution in [3.63, 3.8) is 0 Å². The van der Waals surface area contributed by atoms with E-state index < -0.39 is 11.6 Å². The molecule has 1 fully saturated rings. The van der Waals surface area contributed by atoms with Gasteiger partial charge >= 0.3 is 0 Å². The summed E-state index contributed by atoms with van der Waals surface area (Å²) in [6, 6.07) is 13.7. The maximum Gasteiger partial charge on any atom is 0.149 e. The molecular formula is C22H23F2N5. The van der Waals surface area contributed by atoms with E-state index in [4.69, 9.17) is 0 Å². The van der Waals surface area contributed by atoms with E-state index in [2.05, 4.69) is 56.3 Å². The molecule has 1 aliphatic heterocycles. The van der Waals surface area contributed by atoms with Crippen LogP contribution in [-0.2, 0) is 0 Å². The van der Waals surface area contributed by atoms with Crippen LogP contribution in [0, 0.1) is 25.5 Å². The largest absolute Gasteiger partial charge is 0.368 e. The number of aromatic nitrogens is 2. The molecule has 1 aliphatic rings. The summed E-state index contributed by atoms with van der Waals surface area (Å²) in [7, 11) is 0. The molecule has 2 aromatic carbocycles. The van der Waals surface area contributed by atoms with Gasteiger partial charge in [0.1, 0.15) is 29.1 Å². The summed E-state index contributed by atoms with van der Waals surface area (Å²) < 4.78 is 27.1. The Morgan fingerprint density at radius 1 is 0.862 bits per heavy atom. The second-order valence-electron chi connectivity index (χ2n) is 7.22. The summed E-state index contributed by atoms with van der Waals surface area (Å²) in [5, 5.41) is 2.93. The number of piperazine rings is 1. The van der Waals surface area contributed by atoms with Gasteiger partial charge in [-0.2, -0.15) is 0 Å². The van der Waals surface area contributed by atoms with Crippen molar-refractivity contribution in [3.05, 3.63) is 71.6 Å². The van der Waals surface area contributed by atoms with Gasteiger partial charge in [0.2, 0.25) is 0 Å². The Bertz CT molecular complexity index is 1020. The maximum absolute atomic E-state index is 14.0. The standard InChI is InChI=1S/C22H23F2N5/c1-15-4-3-5-18(12-15)28-8-10-29(11-9-28)22-14-21(25-16(2)26-22)27-20-7-6-17(23)13-19(20)24/h3-7,12-14H,8-11H2,1-2H3,(H,25,26,27). The van der Waals surface area contributed by atoms with Crippen LogP contribution in [0.2, 0.25) is 0 Å². The third-order valence-corrected chi connectivity index (χ3v) is 4.99. The van der Waals surface area contributed by atoms with E-state index in [-0.39, 0.29) is 5.69 Å². The molecule has 0 amide bonds. The van der Waals surface area contributed by atoms with Crippen molar-refractivity contribution in [1.82, 2.24) is 9.97 Å². The predicted molar refractivity (Wildman–Crippen MR) is 112 cm³/mol. The molecule has 0 bridgehead atoms. The number of aryl methyl sites for hydroxylation is 2. The first-order chi connectivity index (χ1) is 14.0. The molecule has 0 radical (unpaired) electrons. The number of nitrogens with zero attached hydrogens (tertiary/aromatic N) is 4. The van der Waals surface area contributed by atoms with E-state index in [0.717, 1.165) is 38.1 Å². The minimum absolute atomic E-state index is 0.180. The maximum atomic E-state index is 14.0. The van der Waals surface area contributed by atoms with Gasteiger partial charge in [-0.05, 0) is 43.7 Å². The Hall–Kier alpha value is -3.22. The van der Waals surface area contributed by atoms with Crippen molar-refractivity contribution in [2.24, 2.45) is 0 Å². The monoisotopic (exact) mass is 395 g/mol. The first-order valence-electron chi connectivity index (χ1n) is 9.62. The van der Waals surface area contributed by atoms with Crippen molar-refractivity contribution >= 4 is 23.0 Å². The third kappa shape index (κ3) is 4.45. The van der Waals surface area contributed by atoms with Crippen LogP contribution in [0.15, 0.2) is 48.5 Å². The number of hydrogen-bond acceptors (Lipinski definition) is 5. The molecule has 0 unspecified atom stereocenters. The second-order valence-corrected chi connectivity index (χ2v) is 7.22. The van der Waals surface area contributed by atoms with E-state index in [0.29, 0.717) is 11.6 Å². The fourth-order valence-electron chi connectivity index (χ4n) is 3.53. The molecule has 1 N–H and O–H groups in total. The first kappa shape index (κ1) is 19.1. The summed E-state index contributed by atoms with van der Waals surface area (Å²) in [5.74, 6) is 0.604. The summed E-state index contributed by atoms with van der Waals surface area (Å²) in [5.41, 5.74) is 2.66. The lowest BCUT2D eigenvalue weighted by atomic mass is 10.2. The van der Waals surface area contributed by atoms with Crippen molar-refractivity contribution in [2.75, 3.05) is 41.3 Å². The van der Waals surface area contributed by atoms with E-state index >= 15 is 0 Å². The van der Waals surface area contributed by atoms with Crippen LogP contribution in [0.4, 0.5) is 31.8 Å². The van der Waals surface area contributed by atoms with Gasteiger partial charge in [-0.3, -0.25) is 0 Å². The molecule has 29 heavy (non-hydrogen) atoms.